The SMILES string of the molecule is COc1ccc(/C=N\Nc2nc3ccccc3[nH]2)cc1. The Morgan fingerprint density at radius 3 is 2.70 bits per heavy atom. The standard InChI is InChI=1S/C15H14N4O/c1-20-12-8-6-11(7-9-12)10-16-19-15-17-13-4-2-3-5-14(13)18-15/h2-10H,1H3,(H2,17,18,19)/b16-10-. The highest BCUT2D eigenvalue weighted by atomic mass is 16.5. The van der Waals surface area contributed by atoms with E-state index in [4.69, 9.17) is 4.74 Å². The first-order valence-electron chi connectivity index (χ1n) is 6.23. The molecule has 0 saturated carbocycles. The Hall–Kier alpha value is -2.82. The highest BCUT2D eigenvalue weighted by Crippen LogP contribution is 2.13. The van der Waals surface area contributed by atoms with Crippen molar-refractivity contribution in [2.24, 2.45) is 5.10 Å². The third-order valence-corrected chi connectivity index (χ3v) is 2.89. The maximum absolute atomic E-state index is 5.10. The minimum Gasteiger partial charge on any atom is -0.497 e. The second-order valence-corrected chi connectivity index (χ2v) is 4.25. The van der Waals surface area contributed by atoms with E-state index in [1.54, 1.807) is 13.3 Å². The molecule has 0 bridgehead atoms. The zero-order chi connectivity index (χ0) is 13.8. The summed E-state index contributed by atoms with van der Waals surface area (Å²) in [6, 6.07) is 15.5. The Morgan fingerprint density at radius 2 is 1.95 bits per heavy atom. The first-order chi connectivity index (χ1) is 9.85. The van der Waals surface area contributed by atoms with Crippen LogP contribution in [0.25, 0.3) is 11.0 Å². The number of aromatic amines is 1. The monoisotopic (exact) mass is 266 g/mol. The molecule has 0 aliphatic heterocycles. The molecule has 0 aliphatic rings. The van der Waals surface area contributed by atoms with Crippen LogP contribution in [0.2, 0.25) is 0 Å². The molecule has 0 atom stereocenters. The number of rotatable bonds is 4. The number of hydrogen-bond acceptors (Lipinski definition) is 4. The van der Waals surface area contributed by atoms with Gasteiger partial charge < -0.3 is 9.72 Å². The molecule has 1 aromatic heterocycles. The van der Waals surface area contributed by atoms with E-state index in [1.807, 2.05) is 48.5 Å². The third-order valence-electron chi connectivity index (χ3n) is 2.89. The van der Waals surface area contributed by atoms with Crippen LogP contribution in [0.5, 0.6) is 5.75 Å². The van der Waals surface area contributed by atoms with E-state index in [9.17, 15) is 0 Å². The van der Waals surface area contributed by atoms with Crippen LogP contribution in [0, 0.1) is 0 Å². The van der Waals surface area contributed by atoms with Crippen molar-refractivity contribution < 1.29 is 4.74 Å². The molecule has 0 spiro atoms. The fourth-order valence-corrected chi connectivity index (χ4v) is 1.86. The number of aromatic nitrogens is 2. The Morgan fingerprint density at radius 1 is 1.15 bits per heavy atom. The van der Waals surface area contributed by atoms with Gasteiger partial charge in [0.1, 0.15) is 5.75 Å². The topological polar surface area (TPSA) is 62.3 Å². The maximum Gasteiger partial charge on any atom is 0.222 e. The summed E-state index contributed by atoms with van der Waals surface area (Å²) in [4.78, 5) is 7.51. The van der Waals surface area contributed by atoms with Crippen molar-refractivity contribution in [1.29, 1.82) is 0 Å². The zero-order valence-corrected chi connectivity index (χ0v) is 11.0. The van der Waals surface area contributed by atoms with Crippen LogP contribution in [0.15, 0.2) is 53.6 Å². The van der Waals surface area contributed by atoms with E-state index in [1.165, 1.54) is 0 Å². The van der Waals surface area contributed by atoms with Crippen LogP contribution in [0.3, 0.4) is 0 Å². The van der Waals surface area contributed by atoms with E-state index in [0.717, 1.165) is 22.3 Å². The van der Waals surface area contributed by atoms with Crippen molar-refractivity contribution in [3.63, 3.8) is 0 Å². The molecule has 0 aliphatic carbocycles. The van der Waals surface area contributed by atoms with Crippen LogP contribution in [0.4, 0.5) is 5.95 Å². The van der Waals surface area contributed by atoms with Gasteiger partial charge >= 0.3 is 0 Å². The number of anilines is 1. The Balaban J connectivity index is 1.69. The van der Waals surface area contributed by atoms with Gasteiger partial charge in [0.25, 0.3) is 0 Å². The molecule has 100 valence electrons. The van der Waals surface area contributed by atoms with Gasteiger partial charge in [-0.3, -0.25) is 0 Å². The van der Waals surface area contributed by atoms with Gasteiger partial charge in [-0.1, -0.05) is 12.1 Å². The van der Waals surface area contributed by atoms with Gasteiger partial charge in [0.05, 0.1) is 24.4 Å². The Labute approximate surface area is 116 Å². The summed E-state index contributed by atoms with van der Waals surface area (Å²) in [5.74, 6) is 1.45. The minimum atomic E-state index is 0.621. The number of ether oxygens (including phenoxy) is 1. The average Bonchev–Trinajstić information content (AvgIpc) is 2.90. The molecule has 5 heteroatoms. The van der Waals surface area contributed by atoms with Gasteiger partial charge in [-0.05, 0) is 42.0 Å². The molecule has 3 rings (SSSR count). The van der Waals surface area contributed by atoms with Crippen LogP contribution < -0.4 is 10.2 Å². The van der Waals surface area contributed by atoms with E-state index < -0.39 is 0 Å². The smallest absolute Gasteiger partial charge is 0.222 e. The first kappa shape index (κ1) is 12.2. The molecule has 0 amide bonds. The van der Waals surface area contributed by atoms with E-state index in [0.29, 0.717) is 5.95 Å². The summed E-state index contributed by atoms with van der Waals surface area (Å²) >= 11 is 0. The summed E-state index contributed by atoms with van der Waals surface area (Å²) in [5.41, 5.74) is 5.76. The van der Waals surface area contributed by atoms with Crippen LogP contribution >= 0.6 is 0 Å². The number of nitrogens with zero attached hydrogens (tertiary/aromatic N) is 2. The Bertz CT molecular complexity index is 698. The molecule has 3 aromatic rings. The summed E-state index contributed by atoms with van der Waals surface area (Å²) in [5, 5.41) is 4.15. The number of nitrogens with one attached hydrogen (secondary N) is 2. The highest BCUT2D eigenvalue weighted by Gasteiger charge is 1.99. The number of para-hydroxylation sites is 2. The largest absolute Gasteiger partial charge is 0.497 e. The van der Waals surface area contributed by atoms with Gasteiger partial charge in [0, 0.05) is 0 Å². The van der Waals surface area contributed by atoms with Crippen molar-refractivity contribution in [1.82, 2.24) is 9.97 Å². The summed E-state index contributed by atoms with van der Waals surface area (Å²) in [6.45, 7) is 0. The van der Waals surface area contributed by atoms with Gasteiger partial charge in [0.15, 0.2) is 0 Å². The second-order valence-electron chi connectivity index (χ2n) is 4.25. The molecule has 0 fully saturated rings. The number of benzene rings is 2. The number of hydrogen-bond donors (Lipinski definition) is 2. The predicted octanol–water partition coefficient (Wildman–Crippen LogP) is 3.02. The van der Waals surface area contributed by atoms with Crippen molar-refractivity contribution in [2.75, 3.05) is 12.5 Å². The predicted molar refractivity (Wildman–Crippen MR) is 80.3 cm³/mol. The lowest BCUT2D eigenvalue weighted by atomic mass is 10.2. The lowest BCUT2D eigenvalue weighted by Crippen LogP contribution is -1.92. The van der Waals surface area contributed by atoms with Crippen LogP contribution in [-0.4, -0.2) is 23.3 Å². The number of H-pyrrole nitrogens is 1. The lowest BCUT2D eigenvalue weighted by molar-refractivity contribution is 0.415. The fourth-order valence-electron chi connectivity index (χ4n) is 1.86. The zero-order valence-electron chi connectivity index (χ0n) is 11.0. The maximum atomic E-state index is 5.10. The molecular formula is C15H14N4O. The van der Waals surface area contributed by atoms with E-state index in [-0.39, 0.29) is 0 Å². The molecule has 5 nitrogen and oxygen atoms in total. The molecule has 2 N–H and O–H groups in total. The molecule has 0 saturated heterocycles. The molecule has 0 unspecified atom stereocenters. The van der Waals surface area contributed by atoms with Gasteiger partial charge in [-0.15, -0.1) is 0 Å². The minimum absolute atomic E-state index is 0.621. The quantitative estimate of drug-likeness (QED) is 0.563. The molecular weight excluding hydrogens is 252 g/mol. The molecule has 2 aromatic carbocycles. The average molecular weight is 266 g/mol. The molecule has 1 heterocycles. The highest BCUT2D eigenvalue weighted by molar-refractivity contribution is 5.81. The Kier molecular flexibility index (Phi) is 3.33. The first-order valence-corrected chi connectivity index (χ1v) is 6.23. The van der Waals surface area contributed by atoms with Crippen LogP contribution in [0.1, 0.15) is 5.56 Å². The number of fused-ring (bicyclic) bond motifs is 1. The van der Waals surface area contributed by atoms with Gasteiger partial charge in [0.2, 0.25) is 5.95 Å². The summed E-state index contributed by atoms with van der Waals surface area (Å²) < 4.78 is 5.10. The number of methoxy groups -OCH3 is 1. The molecule has 0 radical (unpaired) electrons. The fraction of sp³-hybridized carbons (Fsp3) is 0.0667. The van der Waals surface area contributed by atoms with Crippen molar-refractivity contribution in [3.8, 4) is 5.75 Å². The van der Waals surface area contributed by atoms with Crippen LogP contribution in [-0.2, 0) is 0 Å². The van der Waals surface area contributed by atoms with E-state index in [2.05, 4.69) is 20.5 Å². The lowest BCUT2D eigenvalue weighted by Gasteiger charge is -1.98. The van der Waals surface area contributed by atoms with Crippen molar-refractivity contribution in [2.45, 2.75) is 0 Å². The van der Waals surface area contributed by atoms with Crippen molar-refractivity contribution >= 4 is 23.2 Å². The summed E-state index contributed by atoms with van der Waals surface area (Å²) in [7, 11) is 1.65. The normalized spacial score (nSPS) is 11.1. The van der Waals surface area contributed by atoms with Gasteiger partial charge in [-0.25, -0.2) is 10.4 Å². The third kappa shape index (κ3) is 2.61. The second kappa shape index (κ2) is 5.44. The number of imidazole rings is 1. The number of hydrazone groups is 1. The molecule has 20 heavy (non-hydrogen) atoms. The van der Waals surface area contributed by atoms with Gasteiger partial charge in [-0.2, -0.15) is 5.10 Å². The van der Waals surface area contributed by atoms with E-state index >= 15 is 0 Å². The van der Waals surface area contributed by atoms with Crippen molar-refractivity contribution in [3.05, 3.63) is 54.1 Å². The summed E-state index contributed by atoms with van der Waals surface area (Å²) in [6.07, 6.45) is 1.73.